The van der Waals surface area contributed by atoms with Gasteiger partial charge in [0, 0.05) is 13.5 Å². The van der Waals surface area contributed by atoms with Gasteiger partial charge in [0.25, 0.3) is 0 Å². The molecule has 0 aromatic heterocycles. The minimum atomic E-state index is 0.135. The van der Waals surface area contributed by atoms with Crippen molar-refractivity contribution >= 4 is 5.91 Å². The van der Waals surface area contributed by atoms with Gasteiger partial charge in [-0.2, -0.15) is 0 Å². The highest BCUT2D eigenvalue weighted by atomic mass is 16.1. The predicted molar refractivity (Wildman–Crippen MR) is 62.6 cm³/mol. The molecule has 0 bridgehead atoms. The summed E-state index contributed by atoms with van der Waals surface area (Å²) in [6.45, 7) is 2.12. The number of nitrogens with one attached hydrogen (secondary N) is 1. The number of carbonyl (C=O) groups excluding carboxylic acids is 1. The second kappa shape index (κ2) is 6.23. The van der Waals surface area contributed by atoms with Gasteiger partial charge in [-0.05, 0) is 24.3 Å². The summed E-state index contributed by atoms with van der Waals surface area (Å²) in [6.07, 6.45) is 2.75. The number of hydrogen-bond donors (Lipinski definition) is 1. The first-order chi connectivity index (χ1) is 7.22. The summed E-state index contributed by atoms with van der Waals surface area (Å²) < 4.78 is 0. The maximum Gasteiger partial charge on any atom is 0.220 e. The van der Waals surface area contributed by atoms with E-state index in [0.29, 0.717) is 12.3 Å². The molecule has 1 aromatic rings. The van der Waals surface area contributed by atoms with Gasteiger partial charge < -0.3 is 5.32 Å². The van der Waals surface area contributed by atoms with Crippen molar-refractivity contribution in [2.75, 3.05) is 7.05 Å². The molecule has 0 aliphatic rings. The van der Waals surface area contributed by atoms with Crippen LogP contribution in [0.15, 0.2) is 30.3 Å². The van der Waals surface area contributed by atoms with E-state index in [9.17, 15) is 4.79 Å². The van der Waals surface area contributed by atoms with Gasteiger partial charge in [0.2, 0.25) is 5.91 Å². The Morgan fingerprint density at radius 2 is 2.00 bits per heavy atom. The molecule has 0 fully saturated rings. The molecule has 0 aliphatic carbocycles. The summed E-state index contributed by atoms with van der Waals surface area (Å²) >= 11 is 0. The lowest BCUT2D eigenvalue weighted by Gasteiger charge is -2.09. The van der Waals surface area contributed by atoms with Crippen LogP contribution in [0, 0.1) is 5.92 Å². The Bertz CT molecular complexity index is 295. The van der Waals surface area contributed by atoms with Crippen molar-refractivity contribution in [1.29, 1.82) is 0 Å². The molecule has 1 aromatic carbocycles. The van der Waals surface area contributed by atoms with E-state index in [4.69, 9.17) is 0 Å². The number of carbonyl (C=O) groups is 1. The van der Waals surface area contributed by atoms with Crippen LogP contribution in [-0.2, 0) is 11.2 Å². The first-order valence-corrected chi connectivity index (χ1v) is 5.47. The Labute approximate surface area is 91.7 Å². The monoisotopic (exact) mass is 205 g/mol. The van der Waals surface area contributed by atoms with Crippen LogP contribution < -0.4 is 5.32 Å². The molecule has 82 valence electrons. The molecule has 1 unspecified atom stereocenters. The average Bonchev–Trinajstić information content (AvgIpc) is 2.27. The fourth-order valence-electron chi connectivity index (χ4n) is 1.58. The summed E-state index contributed by atoms with van der Waals surface area (Å²) in [7, 11) is 1.69. The molecular formula is C13H19NO. The van der Waals surface area contributed by atoms with Crippen LogP contribution in [-0.4, -0.2) is 13.0 Å². The largest absolute Gasteiger partial charge is 0.359 e. The van der Waals surface area contributed by atoms with Gasteiger partial charge in [-0.1, -0.05) is 37.3 Å². The average molecular weight is 205 g/mol. The van der Waals surface area contributed by atoms with Gasteiger partial charge in [0.05, 0.1) is 0 Å². The van der Waals surface area contributed by atoms with Crippen molar-refractivity contribution in [2.45, 2.75) is 26.2 Å². The van der Waals surface area contributed by atoms with Crippen LogP contribution in [0.1, 0.15) is 25.3 Å². The predicted octanol–water partition coefficient (Wildman–Crippen LogP) is 2.39. The van der Waals surface area contributed by atoms with Gasteiger partial charge in [-0.3, -0.25) is 4.79 Å². The first-order valence-electron chi connectivity index (χ1n) is 5.47. The minimum absolute atomic E-state index is 0.135. The van der Waals surface area contributed by atoms with Crippen molar-refractivity contribution in [3.05, 3.63) is 35.9 Å². The first kappa shape index (κ1) is 11.8. The molecule has 0 saturated carbocycles. The highest BCUT2D eigenvalue weighted by Gasteiger charge is 2.07. The third kappa shape index (κ3) is 4.63. The summed E-state index contributed by atoms with van der Waals surface area (Å²) in [5.41, 5.74) is 1.35. The van der Waals surface area contributed by atoms with E-state index in [0.717, 1.165) is 12.8 Å². The molecule has 2 nitrogen and oxygen atoms in total. The lowest BCUT2D eigenvalue weighted by Crippen LogP contribution is -2.20. The van der Waals surface area contributed by atoms with E-state index >= 15 is 0 Å². The van der Waals surface area contributed by atoms with Crippen molar-refractivity contribution in [3.63, 3.8) is 0 Å². The Hall–Kier alpha value is -1.31. The minimum Gasteiger partial charge on any atom is -0.359 e. The van der Waals surface area contributed by atoms with E-state index in [-0.39, 0.29) is 5.91 Å². The van der Waals surface area contributed by atoms with Crippen LogP contribution in [0.5, 0.6) is 0 Å². The highest BCUT2D eigenvalue weighted by Crippen LogP contribution is 2.12. The fraction of sp³-hybridized carbons (Fsp3) is 0.462. The maximum atomic E-state index is 11.1. The topological polar surface area (TPSA) is 29.1 Å². The van der Waals surface area contributed by atoms with Gasteiger partial charge in [-0.15, -0.1) is 0 Å². The molecule has 15 heavy (non-hydrogen) atoms. The quantitative estimate of drug-likeness (QED) is 0.785. The third-order valence-electron chi connectivity index (χ3n) is 2.58. The van der Waals surface area contributed by atoms with Crippen LogP contribution in [0.25, 0.3) is 0 Å². The Morgan fingerprint density at radius 3 is 2.60 bits per heavy atom. The van der Waals surface area contributed by atoms with Gasteiger partial charge in [0.1, 0.15) is 0 Å². The van der Waals surface area contributed by atoms with Crippen molar-refractivity contribution in [2.24, 2.45) is 5.92 Å². The van der Waals surface area contributed by atoms with Crippen LogP contribution in [0.3, 0.4) is 0 Å². The van der Waals surface area contributed by atoms with Crippen molar-refractivity contribution in [3.8, 4) is 0 Å². The molecule has 1 N–H and O–H groups in total. The molecule has 0 heterocycles. The zero-order chi connectivity index (χ0) is 11.1. The molecule has 1 atom stereocenters. The van der Waals surface area contributed by atoms with Gasteiger partial charge in [0.15, 0.2) is 0 Å². The number of hydrogen-bond acceptors (Lipinski definition) is 1. The standard InChI is InChI=1S/C13H19NO/c1-11(10-13(15)14-2)8-9-12-6-4-3-5-7-12/h3-7,11H,8-10H2,1-2H3,(H,14,15). The van der Waals surface area contributed by atoms with Crippen molar-refractivity contribution < 1.29 is 4.79 Å². The Kier molecular flexibility index (Phi) is 4.88. The van der Waals surface area contributed by atoms with E-state index in [2.05, 4.69) is 36.5 Å². The molecule has 1 amide bonds. The smallest absolute Gasteiger partial charge is 0.220 e. The summed E-state index contributed by atoms with van der Waals surface area (Å²) in [6, 6.07) is 10.4. The van der Waals surface area contributed by atoms with Gasteiger partial charge >= 0.3 is 0 Å². The van der Waals surface area contributed by atoms with E-state index < -0.39 is 0 Å². The molecule has 0 spiro atoms. The summed E-state index contributed by atoms with van der Waals surface area (Å²) in [5.74, 6) is 0.584. The van der Waals surface area contributed by atoms with Crippen LogP contribution in [0.4, 0.5) is 0 Å². The third-order valence-corrected chi connectivity index (χ3v) is 2.58. The molecule has 0 aliphatic heterocycles. The molecule has 2 heteroatoms. The Balaban J connectivity index is 2.28. The zero-order valence-corrected chi connectivity index (χ0v) is 9.49. The Morgan fingerprint density at radius 1 is 1.33 bits per heavy atom. The summed E-state index contributed by atoms with van der Waals surface area (Å²) in [4.78, 5) is 11.1. The van der Waals surface area contributed by atoms with E-state index in [1.54, 1.807) is 7.05 Å². The molecule has 0 saturated heterocycles. The lowest BCUT2D eigenvalue weighted by molar-refractivity contribution is -0.121. The van der Waals surface area contributed by atoms with Crippen LogP contribution in [0.2, 0.25) is 0 Å². The lowest BCUT2D eigenvalue weighted by atomic mass is 9.98. The second-order valence-corrected chi connectivity index (χ2v) is 4.01. The number of benzene rings is 1. The maximum absolute atomic E-state index is 11.1. The van der Waals surface area contributed by atoms with Gasteiger partial charge in [-0.25, -0.2) is 0 Å². The SMILES string of the molecule is CNC(=O)CC(C)CCc1ccccc1. The van der Waals surface area contributed by atoms with E-state index in [1.807, 2.05) is 6.07 Å². The fourth-order valence-corrected chi connectivity index (χ4v) is 1.58. The summed E-state index contributed by atoms with van der Waals surface area (Å²) in [5, 5.41) is 2.66. The van der Waals surface area contributed by atoms with Crippen LogP contribution >= 0.6 is 0 Å². The van der Waals surface area contributed by atoms with E-state index in [1.165, 1.54) is 5.56 Å². The second-order valence-electron chi connectivity index (χ2n) is 4.01. The molecule has 1 rings (SSSR count). The zero-order valence-electron chi connectivity index (χ0n) is 9.49. The molecular weight excluding hydrogens is 186 g/mol. The number of aryl methyl sites for hydroxylation is 1. The van der Waals surface area contributed by atoms with Crippen molar-refractivity contribution in [1.82, 2.24) is 5.32 Å². The number of rotatable bonds is 5. The molecule has 0 radical (unpaired) electrons. The number of amides is 1. The highest BCUT2D eigenvalue weighted by molar-refractivity contribution is 5.75. The normalized spacial score (nSPS) is 12.1.